The van der Waals surface area contributed by atoms with Crippen LogP contribution in [0.2, 0.25) is 5.02 Å². The minimum Gasteiger partial charge on any atom is -0.382 e. The predicted octanol–water partition coefficient (Wildman–Crippen LogP) is 2.11. The first kappa shape index (κ1) is 11.0. The maximum Gasteiger partial charge on any atom is 0.165 e. The zero-order valence-corrected chi connectivity index (χ0v) is 10.2. The van der Waals surface area contributed by atoms with Gasteiger partial charge in [-0.2, -0.15) is 0 Å². The number of fused-ring (bicyclic) bond motifs is 1. The predicted molar refractivity (Wildman–Crippen MR) is 70.3 cm³/mol. The molecule has 6 heteroatoms. The lowest BCUT2D eigenvalue weighted by atomic mass is 10.2. The first-order chi connectivity index (χ1) is 8.74. The Morgan fingerprint density at radius 1 is 1.22 bits per heavy atom. The zero-order chi connectivity index (χ0) is 12.5. The van der Waals surface area contributed by atoms with Crippen molar-refractivity contribution in [1.29, 1.82) is 0 Å². The zero-order valence-electron chi connectivity index (χ0n) is 9.42. The molecule has 1 aromatic carbocycles. The minimum atomic E-state index is 0.393. The molecule has 0 aliphatic rings. The van der Waals surface area contributed by atoms with Crippen molar-refractivity contribution in [3.63, 3.8) is 0 Å². The summed E-state index contributed by atoms with van der Waals surface area (Å²) in [6, 6.07) is 7.68. The van der Waals surface area contributed by atoms with Crippen LogP contribution in [0.3, 0.4) is 0 Å². The van der Waals surface area contributed by atoms with Crippen LogP contribution >= 0.6 is 11.6 Å². The fourth-order valence-corrected chi connectivity index (χ4v) is 2.06. The highest BCUT2D eigenvalue weighted by Gasteiger charge is 2.07. The number of nitrogens with zero attached hydrogens (tertiary/aromatic N) is 4. The first-order valence-corrected chi connectivity index (χ1v) is 5.77. The van der Waals surface area contributed by atoms with Crippen LogP contribution in [0.25, 0.3) is 11.2 Å². The van der Waals surface area contributed by atoms with Gasteiger partial charge in [0, 0.05) is 5.02 Å². The van der Waals surface area contributed by atoms with Crippen molar-refractivity contribution < 1.29 is 0 Å². The Kier molecular flexibility index (Phi) is 2.60. The van der Waals surface area contributed by atoms with E-state index in [1.807, 2.05) is 28.8 Å². The van der Waals surface area contributed by atoms with Crippen molar-refractivity contribution in [3.05, 3.63) is 47.5 Å². The highest BCUT2D eigenvalue weighted by molar-refractivity contribution is 6.30. The Balaban J connectivity index is 2.03. The molecule has 0 unspecified atom stereocenters. The van der Waals surface area contributed by atoms with Crippen molar-refractivity contribution >= 4 is 28.6 Å². The Morgan fingerprint density at radius 3 is 2.94 bits per heavy atom. The Morgan fingerprint density at radius 2 is 2.11 bits per heavy atom. The van der Waals surface area contributed by atoms with E-state index in [-0.39, 0.29) is 0 Å². The second-order valence-corrected chi connectivity index (χ2v) is 4.37. The molecule has 0 radical (unpaired) electrons. The highest BCUT2D eigenvalue weighted by atomic mass is 35.5. The number of aromatic nitrogens is 4. The number of imidazole rings is 1. The van der Waals surface area contributed by atoms with E-state index in [0.29, 0.717) is 22.9 Å². The monoisotopic (exact) mass is 259 g/mol. The molecule has 3 rings (SSSR count). The summed E-state index contributed by atoms with van der Waals surface area (Å²) >= 11 is 5.96. The van der Waals surface area contributed by atoms with Crippen LogP contribution in [0.4, 0.5) is 5.82 Å². The third-order valence-electron chi connectivity index (χ3n) is 2.67. The van der Waals surface area contributed by atoms with Crippen LogP contribution < -0.4 is 5.73 Å². The quantitative estimate of drug-likeness (QED) is 0.765. The maximum absolute atomic E-state index is 5.96. The normalized spacial score (nSPS) is 10.9. The van der Waals surface area contributed by atoms with Crippen LogP contribution in [0.5, 0.6) is 0 Å². The molecule has 18 heavy (non-hydrogen) atoms. The minimum absolute atomic E-state index is 0.393. The lowest BCUT2D eigenvalue weighted by Gasteiger charge is -2.04. The van der Waals surface area contributed by atoms with E-state index in [4.69, 9.17) is 17.3 Å². The average molecular weight is 260 g/mol. The summed E-state index contributed by atoms with van der Waals surface area (Å²) in [7, 11) is 0. The molecule has 0 aliphatic heterocycles. The highest BCUT2D eigenvalue weighted by Crippen LogP contribution is 2.17. The molecule has 0 fully saturated rings. The van der Waals surface area contributed by atoms with E-state index in [0.717, 1.165) is 11.2 Å². The van der Waals surface area contributed by atoms with Gasteiger partial charge in [0.15, 0.2) is 11.5 Å². The van der Waals surface area contributed by atoms with Crippen LogP contribution in [-0.4, -0.2) is 19.5 Å². The fourth-order valence-electron chi connectivity index (χ4n) is 1.85. The molecule has 90 valence electrons. The lowest BCUT2D eigenvalue weighted by molar-refractivity contribution is 0.813. The Bertz CT molecular complexity index is 707. The molecule has 0 saturated carbocycles. The molecule has 2 N–H and O–H groups in total. The van der Waals surface area contributed by atoms with Gasteiger partial charge in [0.1, 0.15) is 11.8 Å². The molecule has 0 spiro atoms. The van der Waals surface area contributed by atoms with Gasteiger partial charge in [-0.3, -0.25) is 0 Å². The molecule has 0 atom stereocenters. The van der Waals surface area contributed by atoms with Crippen molar-refractivity contribution in [2.75, 3.05) is 5.73 Å². The molecule has 5 nitrogen and oxygen atoms in total. The third kappa shape index (κ3) is 1.89. The molecule has 0 aliphatic carbocycles. The maximum atomic E-state index is 5.96. The van der Waals surface area contributed by atoms with E-state index in [1.165, 1.54) is 6.33 Å². The van der Waals surface area contributed by atoms with Gasteiger partial charge in [-0.15, -0.1) is 0 Å². The van der Waals surface area contributed by atoms with Gasteiger partial charge in [-0.05, 0) is 17.7 Å². The van der Waals surface area contributed by atoms with Crippen molar-refractivity contribution in [3.8, 4) is 0 Å². The number of nitrogens with two attached hydrogens (primary N) is 1. The molecule has 2 heterocycles. The van der Waals surface area contributed by atoms with E-state index < -0.39 is 0 Å². The van der Waals surface area contributed by atoms with Gasteiger partial charge in [-0.25, -0.2) is 15.0 Å². The molecule has 0 saturated heterocycles. The summed E-state index contributed by atoms with van der Waals surface area (Å²) in [5, 5.41) is 0.714. The van der Waals surface area contributed by atoms with Gasteiger partial charge in [0.05, 0.1) is 12.9 Å². The van der Waals surface area contributed by atoms with Gasteiger partial charge in [0.25, 0.3) is 0 Å². The fraction of sp³-hybridized carbons (Fsp3) is 0.0833. The summed E-state index contributed by atoms with van der Waals surface area (Å²) in [6.07, 6.45) is 3.14. The van der Waals surface area contributed by atoms with Crippen LogP contribution in [-0.2, 0) is 6.54 Å². The van der Waals surface area contributed by atoms with Crippen LogP contribution in [0, 0.1) is 0 Å². The second kappa shape index (κ2) is 4.27. The summed E-state index contributed by atoms with van der Waals surface area (Å²) in [6.45, 7) is 0.646. The van der Waals surface area contributed by atoms with Gasteiger partial charge >= 0.3 is 0 Å². The number of nitrogen functional groups attached to an aromatic ring is 1. The SMILES string of the molecule is Nc1ncnc2c1ncn2Cc1cccc(Cl)c1. The van der Waals surface area contributed by atoms with E-state index >= 15 is 0 Å². The van der Waals surface area contributed by atoms with Gasteiger partial charge in [0.2, 0.25) is 0 Å². The molecular formula is C12H10ClN5. The van der Waals surface area contributed by atoms with Crippen molar-refractivity contribution in [2.24, 2.45) is 0 Å². The smallest absolute Gasteiger partial charge is 0.165 e. The van der Waals surface area contributed by atoms with Gasteiger partial charge < -0.3 is 10.3 Å². The molecule has 3 aromatic rings. The average Bonchev–Trinajstić information content (AvgIpc) is 2.74. The van der Waals surface area contributed by atoms with E-state index in [9.17, 15) is 0 Å². The van der Waals surface area contributed by atoms with Crippen molar-refractivity contribution in [1.82, 2.24) is 19.5 Å². The molecule has 0 amide bonds. The summed E-state index contributed by atoms with van der Waals surface area (Å²) in [4.78, 5) is 12.3. The Labute approximate surface area is 108 Å². The number of benzene rings is 1. The summed E-state index contributed by atoms with van der Waals surface area (Å²) < 4.78 is 1.92. The number of rotatable bonds is 2. The number of anilines is 1. The lowest BCUT2D eigenvalue weighted by Crippen LogP contribution is -2.00. The molecular weight excluding hydrogens is 250 g/mol. The van der Waals surface area contributed by atoms with Crippen LogP contribution in [0.1, 0.15) is 5.56 Å². The standard InChI is InChI=1S/C12H10ClN5/c13-9-3-1-2-8(4-9)5-18-7-17-10-11(14)15-6-16-12(10)18/h1-4,6-7H,5H2,(H2,14,15,16). The van der Waals surface area contributed by atoms with Crippen molar-refractivity contribution in [2.45, 2.75) is 6.54 Å². The number of halogens is 1. The van der Waals surface area contributed by atoms with E-state index in [2.05, 4.69) is 15.0 Å². The topological polar surface area (TPSA) is 69.6 Å². The molecule has 2 aromatic heterocycles. The largest absolute Gasteiger partial charge is 0.382 e. The third-order valence-corrected chi connectivity index (χ3v) is 2.91. The Hall–Kier alpha value is -2.14. The number of hydrogen-bond donors (Lipinski definition) is 1. The summed E-state index contributed by atoms with van der Waals surface area (Å²) in [5.74, 6) is 0.393. The number of hydrogen-bond acceptors (Lipinski definition) is 4. The summed E-state index contributed by atoms with van der Waals surface area (Å²) in [5.41, 5.74) is 8.17. The van der Waals surface area contributed by atoms with E-state index in [1.54, 1.807) is 6.33 Å². The van der Waals surface area contributed by atoms with Gasteiger partial charge in [-0.1, -0.05) is 23.7 Å². The first-order valence-electron chi connectivity index (χ1n) is 5.40. The second-order valence-electron chi connectivity index (χ2n) is 3.93. The van der Waals surface area contributed by atoms with Crippen LogP contribution in [0.15, 0.2) is 36.9 Å². The molecule has 0 bridgehead atoms.